The molecule has 0 fully saturated rings. The van der Waals surface area contributed by atoms with Gasteiger partial charge in [-0.2, -0.15) is 9.78 Å². The zero-order valence-electron chi connectivity index (χ0n) is 13.6. The molecule has 0 amide bonds. The van der Waals surface area contributed by atoms with Crippen LogP contribution in [0.5, 0.6) is 11.5 Å². The van der Waals surface area contributed by atoms with Gasteiger partial charge in [-0.1, -0.05) is 12.8 Å². The molecule has 0 heterocycles. The first-order chi connectivity index (χ1) is 11.7. The maximum atomic E-state index is 5.59. The van der Waals surface area contributed by atoms with E-state index < -0.39 is 0 Å². The van der Waals surface area contributed by atoms with Gasteiger partial charge >= 0.3 is 0 Å². The number of anilines is 2. The SMILES string of the molecule is Nc1ccc(OOCCCCCCOOc2ccc(N)cc2)cc1. The van der Waals surface area contributed by atoms with Crippen LogP contribution in [0.4, 0.5) is 11.4 Å². The summed E-state index contributed by atoms with van der Waals surface area (Å²) in [6.07, 6.45) is 3.92. The normalized spacial score (nSPS) is 10.5. The Bertz CT molecular complexity index is 519. The first-order valence-electron chi connectivity index (χ1n) is 8.04. The molecule has 0 aliphatic heterocycles. The van der Waals surface area contributed by atoms with Gasteiger partial charge in [0.05, 0.1) is 13.2 Å². The number of hydrogen-bond donors (Lipinski definition) is 2. The highest BCUT2D eigenvalue weighted by atomic mass is 17.2. The molecule has 0 atom stereocenters. The fourth-order valence-corrected chi connectivity index (χ4v) is 1.94. The first-order valence-corrected chi connectivity index (χ1v) is 8.04. The Morgan fingerprint density at radius 3 is 1.29 bits per heavy atom. The third kappa shape index (κ3) is 7.21. The summed E-state index contributed by atoms with van der Waals surface area (Å²) in [5.41, 5.74) is 12.6. The molecule has 0 aliphatic carbocycles. The molecule has 0 radical (unpaired) electrons. The molecule has 2 aromatic rings. The van der Waals surface area contributed by atoms with Crippen LogP contribution >= 0.6 is 0 Å². The van der Waals surface area contributed by atoms with Crippen LogP contribution in [0.1, 0.15) is 25.7 Å². The molecule has 0 bridgehead atoms. The zero-order chi connectivity index (χ0) is 17.0. The van der Waals surface area contributed by atoms with Crippen molar-refractivity contribution in [1.82, 2.24) is 0 Å². The van der Waals surface area contributed by atoms with E-state index in [0.29, 0.717) is 36.1 Å². The lowest BCUT2D eigenvalue weighted by Crippen LogP contribution is -2.01. The van der Waals surface area contributed by atoms with E-state index in [9.17, 15) is 0 Å². The molecule has 24 heavy (non-hydrogen) atoms. The second-order valence-electron chi connectivity index (χ2n) is 5.36. The third-order valence-corrected chi connectivity index (χ3v) is 3.28. The minimum atomic E-state index is 0.549. The van der Waals surface area contributed by atoms with Crippen LogP contribution in [0, 0.1) is 0 Å². The Hall–Kier alpha value is -2.44. The quantitative estimate of drug-likeness (QED) is 0.282. The lowest BCUT2D eigenvalue weighted by molar-refractivity contribution is -0.209. The molecule has 0 aliphatic rings. The largest absolute Gasteiger partial charge is 0.399 e. The number of nitrogen functional groups attached to an aromatic ring is 2. The molecule has 0 spiro atoms. The van der Waals surface area contributed by atoms with Gasteiger partial charge in [-0.15, -0.1) is 0 Å². The van der Waals surface area contributed by atoms with Crippen molar-refractivity contribution in [2.45, 2.75) is 25.7 Å². The van der Waals surface area contributed by atoms with E-state index in [1.54, 1.807) is 48.5 Å². The standard InChI is InChI=1S/C18H24N2O4/c19-15-5-9-17(10-6-15)23-21-13-3-1-2-4-14-22-24-18-11-7-16(20)8-12-18/h5-12H,1-4,13-14,19-20H2. The molecular weight excluding hydrogens is 308 g/mol. The van der Waals surface area contributed by atoms with Crippen molar-refractivity contribution in [2.75, 3.05) is 24.7 Å². The summed E-state index contributed by atoms with van der Waals surface area (Å²) in [7, 11) is 0. The summed E-state index contributed by atoms with van der Waals surface area (Å²) < 4.78 is 0. The lowest BCUT2D eigenvalue weighted by atomic mass is 10.2. The summed E-state index contributed by atoms with van der Waals surface area (Å²) in [6.45, 7) is 1.10. The number of benzene rings is 2. The smallest absolute Gasteiger partial charge is 0.165 e. The van der Waals surface area contributed by atoms with Crippen molar-refractivity contribution in [3.63, 3.8) is 0 Å². The van der Waals surface area contributed by atoms with Crippen molar-refractivity contribution in [3.8, 4) is 11.5 Å². The van der Waals surface area contributed by atoms with Crippen molar-refractivity contribution >= 4 is 11.4 Å². The van der Waals surface area contributed by atoms with Crippen molar-refractivity contribution < 1.29 is 19.6 Å². The summed E-state index contributed by atoms with van der Waals surface area (Å²) in [4.78, 5) is 20.6. The number of hydrogen-bond acceptors (Lipinski definition) is 6. The van der Waals surface area contributed by atoms with Crippen LogP contribution < -0.4 is 21.2 Å². The Morgan fingerprint density at radius 2 is 0.917 bits per heavy atom. The molecule has 0 saturated carbocycles. The molecule has 6 heteroatoms. The van der Waals surface area contributed by atoms with Crippen LogP contribution in [0.3, 0.4) is 0 Å². The van der Waals surface area contributed by atoms with Crippen LogP contribution in [-0.2, 0) is 9.78 Å². The summed E-state index contributed by atoms with van der Waals surface area (Å²) in [6, 6.07) is 14.2. The predicted molar refractivity (Wildman–Crippen MR) is 93.3 cm³/mol. The Morgan fingerprint density at radius 1 is 0.542 bits per heavy atom. The number of nitrogens with two attached hydrogens (primary N) is 2. The average Bonchev–Trinajstić information content (AvgIpc) is 2.60. The van der Waals surface area contributed by atoms with E-state index in [-0.39, 0.29) is 0 Å². The summed E-state index contributed by atoms with van der Waals surface area (Å²) in [5.74, 6) is 1.30. The van der Waals surface area contributed by atoms with Crippen molar-refractivity contribution in [1.29, 1.82) is 0 Å². The van der Waals surface area contributed by atoms with Crippen LogP contribution in [0.25, 0.3) is 0 Å². The minimum Gasteiger partial charge on any atom is -0.399 e. The molecule has 4 N–H and O–H groups in total. The highest BCUT2D eigenvalue weighted by Crippen LogP contribution is 2.14. The molecular formula is C18H24N2O4. The van der Waals surface area contributed by atoms with E-state index in [2.05, 4.69) is 0 Å². The number of rotatable bonds is 11. The second kappa shape index (κ2) is 10.4. The molecule has 0 unspecified atom stereocenters. The topological polar surface area (TPSA) is 89.0 Å². The molecule has 2 rings (SSSR count). The highest BCUT2D eigenvalue weighted by molar-refractivity contribution is 5.41. The maximum Gasteiger partial charge on any atom is 0.165 e. The molecule has 2 aromatic carbocycles. The maximum absolute atomic E-state index is 5.59. The fraction of sp³-hybridized carbons (Fsp3) is 0.333. The van der Waals surface area contributed by atoms with E-state index >= 15 is 0 Å². The van der Waals surface area contributed by atoms with Crippen LogP contribution in [0.2, 0.25) is 0 Å². The van der Waals surface area contributed by atoms with Gasteiger partial charge in [0.2, 0.25) is 0 Å². The molecule has 6 nitrogen and oxygen atoms in total. The van der Waals surface area contributed by atoms with Crippen molar-refractivity contribution in [2.24, 2.45) is 0 Å². The van der Waals surface area contributed by atoms with E-state index in [4.69, 9.17) is 31.0 Å². The molecule has 0 saturated heterocycles. The summed E-state index contributed by atoms with van der Waals surface area (Å²) >= 11 is 0. The minimum absolute atomic E-state index is 0.549. The Labute approximate surface area is 142 Å². The van der Waals surface area contributed by atoms with E-state index in [1.165, 1.54) is 0 Å². The monoisotopic (exact) mass is 332 g/mol. The van der Waals surface area contributed by atoms with Gasteiger partial charge in [-0.3, -0.25) is 0 Å². The van der Waals surface area contributed by atoms with Gasteiger partial charge < -0.3 is 21.2 Å². The van der Waals surface area contributed by atoms with Crippen LogP contribution in [0.15, 0.2) is 48.5 Å². The zero-order valence-corrected chi connectivity index (χ0v) is 13.6. The van der Waals surface area contributed by atoms with Gasteiger partial charge in [0.15, 0.2) is 11.5 Å². The predicted octanol–water partition coefficient (Wildman–Crippen LogP) is 3.73. The highest BCUT2D eigenvalue weighted by Gasteiger charge is 1.97. The van der Waals surface area contributed by atoms with Gasteiger partial charge in [-0.05, 0) is 61.4 Å². The Balaban J connectivity index is 1.40. The number of unbranched alkanes of at least 4 members (excludes halogenated alkanes) is 3. The van der Waals surface area contributed by atoms with E-state index in [1.807, 2.05) is 0 Å². The fourth-order valence-electron chi connectivity index (χ4n) is 1.94. The van der Waals surface area contributed by atoms with Crippen LogP contribution in [-0.4, -0.2) is 13.2 Å². The van der Waals surface area contributed by atoms with Gasteiger partial charge in [0.25, 0.3) is 0 Å². The Kier molecular flexibility index (Phi) is 7.73. The molecule has 130 valence electrons. The van der Waals surface area contributed by atoms with Gasteiger partial charge in [-0.25, -0.2) is 0 Å². The first kappa shape index (κ1) is 17.9. The van der Waals surface area contributed by atoms with Gasteiger partial charge in [0.1, 0.15) is 0 Å². The lowest BCUT2D eigenvalue weighted by Gasteiger charge is -2.06. The third-order valence-electron chi connectivity index (χ3n) is 3.28. The second-order valence-corrected chi connectivity index (χ2v) is 5.36. The summed E-state index contributed by atoms with van der Waals surface area (Å²) in [5, 5.41) is 0. The molecule has 0 aromatic heterocycles. The average molecular weight is 332 g/mol. The van der Waals surface area contributed by atoms with E-state index in [0.717, 1.165) is 25.7 Å². The van der Waals surface area contributed by atoms with Crippen molar-refractivity contribution in [3.05, 3.63) is 48.5 Å². The van der Waals surface area contributed by atoms with Gasteiger partial charge in [0, 0.05) is 11.4 Å².